The highest BCUT2D eigenvalue weighted by molar-refractivity contribution is 5.74. The number of aryl methyl sites for hydroxylation is 2. The van der Waals surface area contributed by atoms with E-state index in [9.17, 15) is 0 Å². The van der Waals surface area contributed by atoms with Crippen molar-refractivity contribution in [3.63, 3.8) is 0 Å². The molecule has 3 aromatic heterocycles. The normalized spacial score (nSPS) is 10.1. The minimum atomic E-state index is -0.111. The van der Waals surface area contributed by atoms with Crippen molar-refractivity contribution in [3.05, 3.63) is 69.4 Å². The van der Waals surface area contributed by atoms with Crippen LogP contribution in [0.25, 0.3) is 30.7 Å². The predicted molar refractivity (Wildman–Crippen MR) is 91.7 cm³/mol. The van der Waals surface area contributed by atoms with Crippen LogP contribution >= 0.6 is 0 Å². The van der Waals surface area contributed by atoms with Gasteiger partial charge >= 0.3 is 11.3 Å². The predicted octanol–water partition coefficient (Wildman–Crippen LogP) is 3.72. The Morgan fingerprint density at radius 2 is 1.12 bits per heavy atom. The van der Waals surface area contributed by atoms with Gasteiger partial charge in [0, 0.05) is 6.92 Å². The van der Waals surface area contributed by atoms with Crippen molar-refractivity contribution in [2.75, 3.05) is 0 Å². The third kappa shape index (κ3) is 3.86. The minimum absolute atomic E-state index is 0.00621. The van der Waals surface area contributed by atoms with E-state index >= 15 is 0 Å². The van der Waals surface area contributed by atoms with Crippen LogP contribution in [-0.4, -0.2) is 29.9 Å². The molecule has 0 spiro atoms. The van der Waals surface area contributed by atoms with Crippen molar-refractivity contribution >= 4 is 34.6 Å². The molecule has 0 aliphatic heterocycles. The Kier molecular flexibility index (Phi) is 4.52. The lowest BCUT2D eigenvalue weighted by atomic mass is 10.5. The summed E-state index contributed by atoms with van der Waals surface area (Å²) in [5.41, 5.74) is 1.09. The van der Waals surface area contributed by atoms with Gasteiger partial charge in [0.1, 0.15) is 1.37 Å². The highest BCUT2D eigenvalue weighted by atomic mass is 15.1. The van der Waals surface area contributed by atoms with E-state index in [1.165, 1.54) is 0 Å². The van der Waals surface area contributed by atoms with Crippen LogP contribution in [-0.2, 0) is 0 Å². The van der Waals surface area contributed by atoms with E-state index in [2.05, 4.69) is 49.3 Å². The minimum Gasteiger partial charge on any atom is -0.370 e. The van der Waals surface area contributed by atoms with Crippen LogP contribution in [0, 0.1) is 40.1 Å². The van der Waals surface area contributed by atoms with E-state index in [0.717, 1.165) is 0 Å². The fourth-order valence-electron chi connectivity index (χ4n) is 1.59. The largest absolute Gasteiger partial charge is 0.370 e. The lowest BCUT2D eigenvalue weighted by molar-refractivity contribution is 1.12. The van der Waals surface area contributed by atoms with Gasteiger partial charge in [-0.25, -0.2) is 9.97 Å². The molecule has 10 nitrogen and oxygen atoms in total. The fraction of sp³-hybridized carbons (Fsp3) is 0.125. The monoisotopic (exact) mass is 342 g/mol. The summed E-state index contributed by atoms with van der Waals surface area (Å²) in [6, 6.07) is 0. The number of nitrogens with zero attached hydrogens (tertiary/aromatic N) is 10. The van der Waals surface area contributed by atoms with Crippen molar-refractivity contribution in [2.24, 2.45) is 0 Å². The Morgan fingerprint density at radius 3 is 1.69 bits per heavy atom. The molecule has 0 bridgehead atoms. The quantitative estimate of drug-likeness (QED) is 0.578. The zero-order valence-electron chi connectivity index (χ0n) is 15.5. The van der Waals surface area contributed by atoms with Crippen LogP contribution in [0.15, 0.2) is 12.3 Å². The SMILES string of the molecule is [2H]c1nc([N+]#[C-])c([N+]#[C-])nc1C.[2H]c1nc2nc([N+]#[C-])c([N+]#[C-])nc2nc1C. The summed E-state index contributed by atoms with van der Waals surface area (Å²) in [6.07, 6.45) is -0.0540. The molecule has 0 N–H and O–H groups in total. The van der Waals surface area contributed by atoms with Gasteiger partial charge < -0.3 is 19.4 Å². The van der Waals surface area contributed by atoms with E-state index in [1.807, 2.05) is 0 Å². The van der Waals surface area contributed by atoms with E-state index in [0.29, 0.717) is 11.4 Å². The zero-order valence-corrected chi connectivity index (χ0v) is 13.5. The maximum Gasteiger partial charge on any atom is 0.315 e. The van der Waals surface area contributed by atoms with E-state index < -0.39 is 0 Å². The standard InChI is InChI=1S/C9H4N6.C7H4N4/c1-5-4-12-8-9(13-5)15-7(11-3)6(10-2)14-8;1-5-4-10-6(8-2)7(9-3)11-5/h4H,1H3;4H,1H3/i2*4D. The van der Waals surface area contributed by atoms with E-state index in [4.69, 9.17) is 29.0 Å². The molecule has 122 valence electrons. The molecule has 0 aliphatic rings. The van der Waals surface area contributed by atoms with Gasteiger partial charge in [-0.3, -0.25) is 0 Å². The number of fused-ring (bicyclic) bond motifs is 1. The first kappa shape index (κ1) is 15.0. The molecule has 0 aliphatic carbocycles. The number of rotatable bonds is 0. The second-order valence-corrected chi connectivity index (χ2v) is 4.45. The number of hydrogen-bond acceptors (Lipinski definition) is 6. The fourth-order valence-corrected chi connectivity index (χ4v) is 1.59. The Labute approximate surface area is 151 Å². The molecule has 3 rings (SSSR count). The molecular weight excluding hydrogens is 332 g/mol. The zero-order chi connectivity index (χ0) is 20.8. The molecular formula is C16H8N10. The highest BCUT2D eigenvalue weighted by Gasteiger charge is 2.14. The molecule has 0 saturated carbocycles. The first-order chi connectivity index (χ1) is 13.3. The maximum atomic E-state index is 7.45. The second kappa shape index (κ2) is 7.83. The molecule has 0 atom stereocenters. The summed E-state index contributed by atoms with van der Waals surface area (Å²) in [4.78, 5) is 35.1. The van der Waals surface area contributed by atoms with Gasteiger partial charge in [0.15, 0.2) is 11.9 Å². The third-order valence-corrected chi connectivity index (χ3v) is 2.64. The van der Waals surface area contributed by atoms with Crippen LogP contribution < -0.4 is 0 Å². The van der Waals surface area contributed by atoms with Gasteiger partial charge in [-0.1, -0.05) is 26.3 Å². The lowest BCUT2D eigenvalue weighted by Gasteiger charge is -1.94. The van der Waals surface area contributed by atoms with Gasteiger partial charge in [-0.2, -0.15) is 0 Å². The molecule has 0 amide bonds. The van der Waals surface area contributed by atoms with Crippen molar-refractivity contribution < 1.29 is 2.74 Å². The van der Waals surface area contributed by atoms with Crippen molar-refractivity contribution in [3.8, 4) is 0 Å². The molecule has 10 heteroatoms. The van der Waals surface area contributed by atoms with Crippen LogP contribution in [0.1, 0.15) is 14.1 Å². The van der Waals surface area contributed by atoms with Gasteiger partial charge in [0.2, 0.25) is 0 Å². The van der Waals surface area contributed by atoms with Gasteiger partial charge in [-0.05, 0) is 6.92 Å². The first-order valence-electron chi connectivity index (χ1n) is 7.72. The van der Waals surface area contributed by atoms with Gasteiger partial charge in [0.05, 0.1) is 13.2 Å². The average molecular weight is 342 g/mol. The molecule has 0 unspecified atom stereocenters. The summed E-state index contributed by atoms with van der Waals surface area (Å²) in [7, 11) is 0. The van der Waals surface area contributed by atoms with E-state index in [-0.39, 0.29) is 46.9 Å². The number of hydrogen-bond donors (Lipinski definition) is 0. The Morgan fingerprint density at radius 1 is 0.654 bits per heavy atom. The molecule has 0 aromatic carbocycles. The molecule has 3 aromatic rings. The van der Waals surface area contributed by atoms with Gasteiger partial charge in [-0.15, -0.1) is 19.9 Å². The molecule has 0 fully saturated rings. The lowest BCUT2D eigenvalue weighted by Crippen LogP contribution is -1.92. The van der Waals surface area contributed by atoms with Crippen molar-refractivity contribution in [1.82, 2.24) is 29.9 Å². The second-order valence-electron chi connectivity index (χ2n) is 4.45. The third-order valence-electron chi connectivity index (χ3n) is 2.64. The van der Waals surface area contributed by atoms with Crippen molar-refractivity contribution in [2.45, 2.75) is 13.8 Å². The summed E-state index contributed by atoms with van der Waals surface area (Å²) in [6.45, 7) is 30.2. The average Bonchev–Trinajstić information content (AvgIpc) is 2.70. The van der Waals surface area contributed by atoms with Crippen molar-refractivity contribution in [1.29, 1.82) is 0 Å². The summed E-state index contributed by atoms with van der Waals surface area (Å²) >= 11 is 0. The van der Waals surface area contributed by atoms with Crippen LogP contribution in [0.4, 0.5) is 23.3 Å². The molecule has 26 heavy (non-hydrogen) atoms. The summed E-state index contributed by atoms with van der Waals surface area (Å²) in [5, 5.41) is 0. The van der Waals surface area contributed by atoms with E-state index in [1.54, 1.807) is 13.8 Å². The summed E-state index contributed by atoms with van der Waals surface area (Å²) in [5.74, 6) is -0.326. The topological polar surface area (TPSA) is 94.8 Å². The van der Waals surface area contributed by atoms with Crippen LogP contribution in [0.2, 0.25) is 0 Å². The number of aromatic nitrogens is 6. The molecule has 3 heterocycles. The first-order valence-corrected chi connectivity index (χ1v) is 6.72. The maximum absolute atomic E-state index is 7.45. The smallest absolute Gasteiger partial charge is 0.315 e. The van der Waals surface area contributed by atoms with Crippen LogP contribution in [0.5, 0.6) is 0 Å². The van der Waals surface area contributed by atoms with Gasteiger partial charge in [0.25, 0.3) is 23.3 Å². The Bertz CT molecular complexity index is 1160. The van der Waals surface area contributed by atoms with Crippen LogP contribution in [0.3, 0.4) is 0 Å². The molecule has 0 radical (unpaired) electrons. The Balaban J connectivity index is 0.000000209. The molecule has 0 saturated heterocycles. The Hall–Kier alpha value is -4.54. The summed E-state index contributed by atoms with van der Waals surface area (Å²) < 4.78 is 14.7. The highest BCUT2D eigenvalue weighted by Crippen LogP contribution is 2.24.